The zero-order valence-corrected chi connectivity index (χ0v) is 7.68. The van der Waals surface area contributed by atoms with Crippen LogP contribution in [0.5, 0.6) is 5.75 Å². The summed E-state index contributed by atoms with van der Waals surface area (Å²) in [7, 11) is 0. The first-order chi connectivity index (χ1) is 6.15. The number of aryl methyl sites for hydroxylation is 2. The Balaban J connectivity index is 2.88. The maximum Gasteiger partial charge on any atom is 0.126 e. The molecule has 0 aromatic heterocycles. The summed E-state index contributed by atoms with van der Waals surface area (Å²) in [6.07, 6.45) is 1.32. The molecule has 0 radical (unpaired) electrons. The van der Waals surface area contributed by atoms with Gasteiger partial charge in [-0.25, -0.2) is 4.39 Å². The van der Waals surface area contributed by atoms with E-state index in [1.165, 1.54) is 12.1 Å². The van der Waals surface area contributed by atoms with Gasteiger partial charge in [0, 0.05) is 0 Å². The van der Waals surface area contributed by atoms with Gasteiger partial charge in [0.1, 0.15) is 11.6 Å². The van der Waals surface area contributed by atoms with Gasteiger partial charge >= 0.3 is 0 Å². The number of aromatic hydroxyl groups is 1. The summed E-state index contributed by atoms with van der Waals surface area (Å²) in [5.74, 6) is -0.114. The Morgan fingerprint density at radius 2 is 2.15 bits per heavy atom. The van der Waals surface area contributed by atoms with Gasteiger partial charge in [-0.1, -0.05) is 0 Å². The van der Waals surface area contributed by atoms with Crippen LogP contribution < -0.4 is 5.73 Å². The van der Waals surface area contributed by atoms with Crippen LogP contribution in [0.2, 0.25) is 0 Å². The third-order valence-corrected chi connectivity index (χ3v) is 2.02. The molecule has 1 rings (SSSR count). The fraction of sp³-hybridized carbons (Fsp3) is 0.400. The Labute approximate surface area is 77.2 Å². The molecule has 0 unspecified atom stereocenters. The minimum absolute atomic E-state index is 0.147. The molecule has 0 atom stereocenters. The largest absolute Gasteiger partial charge is 0.508 e. The van der Waals surface area contributed by atoms with Gasteiger partial charge in [0.2, 0.25) is 0 Å². The van der Waals surface area contributed by atoms with Crippen LogP contribution in [-0.4, -0.2) is 11.7 Å². The Kier molecular flexibility index (Phi) is 3.25. The van der Waals surface area contributed by atoms with Crippen molar-refractivity contribution < 1.29 is 9.50 Å². The molecule has 3 heteroatoms. The maximum atomic E-state index is 13.2. The second-order valence-corrected chi connectivity index (χ2v) is 3.12. The van der Waals surface area contributed by atoms with Gasteiger partial charge in [-0.3, -0.25) is 0 Å². The first-order valence-corrected chi connectivity index (χ1v) is 4.33. The zero-order chi connectivity index (χ0) is 9.84. The van der Waals surface area contributed by atoms with Crippen LogP contribution in [-0.2, 0) is 6.42 Å². The Morgan fingerprint density at radius 1 is 1.46 bits per heavy atom. The van der Waals surface area contributed by atoms with Crippen molar-refractivity contribution in [2.45, 2.75) is 19.8 Å². The van der Waals surface area contributed by atoms with Crippen molar-refractivity contribution in [3.8, 4) is 5.75 Å². The Bertz CT molecular complexity index is 299. The maximum absolute atomic E-state index is 13.2. The average Bonchev–Trinajstić information content (AvgIpc) is 2.09. The van der Waals surface area contributed by atoms with Crippen molar-refractivity contribution >= 4 is 0 Å². The summed E-state index contributed by atoms with van der Waals surface area (Å²) in [6, 6.07) is 2.82. The highest BCUT2D eigenvalue weighted by molar-refractivity contribution is 5.36. The van der Waals surface area contributed by atoms with Crippen molar-refractivity contribution in [1.29, 1.82) is 0 Å². The molecule has 2 nitrogen and oxygen atoms in total. The van der Waals surface area contributed by atoms with E-state index in [4.69, 9.17) is 5.73 Å². The van der Waals surface area contributed by atoms with Gasteiger partial charge in [0.15, 0.2) is 0 Å². The van der Waals surface area contributed by atoms with E-state index in [-0.39, 0.29) is 11.6 Å². The lowest BCUT2D eigenvalue weighted by atomic mass is 10.1. The predicted molar refractivity (Wildman–Crippen MR) is 50.2 cm³/mol. The fourth-order valence-corrected chi connectivity index (χ4v) is 1.19. The Hall–Kier alpha value is -1.09. The molecule has 0 spiro atoms. The second-order valence-electron chi connectivity index (χ2n) is 3.12. The molecule has 0 fully saturated rings. The number of rotatable bonds is 3. The van der Waals surface area contributed by atoms with Crippen LogP contribution >= 0.6 is 0 Å². The van der Waals surface area contributed by atoms with E-state index < -0.39 is 0 Å². The average molecular weight is 183 g/mol. The van der Waals surface area contributed by atoms with E-state index in [2.05, 4.69) is 0 Å². The van der Waals surface area contributed by atoms with Crippen LogP contribution in [0.1, 0.15) is 17.5 Å². The SMILES string of the molecule is Cc1cc(F)c(CCCN)cc1O. The summed E-state index contributed by atoms with van der Waals surface area (Å²) in [6.45, 7) is 2.21. The van der Waals surface area contributed by atoms with Gasteiger partial charge in [0.25, 0.3) is 0 Å². The topological polar surface area (TPSA) is 46.2 Å². The standard InChI is InChI=1S/C10H14FNO/c1-7-5-9(11)8(3-2-4-12)6-10(7)13/h5-6,13H,2-4,12H2,1H3. The molecule has 0 aliphatic rings. The Morgan fingerprint density at radius 3 is 2.77 bits per heavy atom. The summed E-state index contributed by atoms with van der Waals surface area (Å²) in [4.78, 5) is 0. The molecule has 0 saturated carbocycles. The third-order valence-electron chi connectivity index (χ3n) is 2.02. The molecule has 72 valence electrons. The summed E-state index contributed by atoms with van der Waals surface area (Å²) in [5.41, 5.74) is 6.41. The molecular formula is C10H14FNO. The first kappa shape index (κ1) is 9.99. The number of halogens is 1. The molecule has 0 aliphatic carbocycles. The van der Waals surface area contributed by atoms with E-state index in [0.29, 0.717) is 24.1 Å². The lowest BCUT2D eigenvalue weighted by Crippen LogP contribution is -2.01. The van der Waals surface area contributed by atoms with Crippen molar-refractivity contribution in [2.24, 2.45) is 5.73 Å². The lowest BCUT2D eigenvalue weighted by Gasteiger charge is -2.05. The molecule has 13 heavy (non-hydrogen) atoms. The van der Waals surface area contributed by atoms with E-state index in [0.717, 1.165) is 6.42 Å². The van der Waals surface area contributed by atoms with Gasteiger partial charge in [0.05, 0.1) is 0 Å². The van der Waals surface area contributed by atoms with E-state index in [1.807, 2.05) is 0 Å². The summed E-state index contributed by atoms with van der Waals surface area (Å²) >= 11 is 0. The minimum atomic E-state index is -0.260. The van der Waals surface area contributed by atoms with Crippen LogP contribution in [0, 0.1) is 12.7 Å². The number of phenolic OH excluding ortho intramolecular Hbond substituents is 1. The van der Waals surface area contributed by atoms with Gasteiger partial charge < -0.3 is 10.8 Å². The van der Waals surface area contributed by atoms with Crippen molar-refractivity contribution in [3.63, 3.8) is 0 Å². The molecule has 1 aromatic carbocycles. The van der Waals surface area contributed by atoms with Crippen LogP contribution in [0.4, 0.5) is 4.39 Å². The smallest absolute Gasteiger partial charge is 0.126 e. The lowest BCUT2D eigenvalue weighted by molar-refractivity contribution is 0.466. The molecule has 0 aliphatic heterocycles. The van der Waals surface area contributed by atoms with Gasteiger partial charge in [-0.05, 0) is 49.6 Å². The molecule has 3 N–H and O–H groups in total. The highest BCUT2D eigenvalue weighted by atomic mass is 19.1. The molecule has 0 saturated heterocycles. The number of benzene rings is 1. The number of phenols is 1. The fourth-order valence-electron chi connectivity index (χ4n) is 1.19. The first-order valence-electron chi connectivity index (χ1n) is 4.33. The summed E-state index contributed by atoms with van der Waals surface area (Å²) in [5, 5.41) is 9.33. The number of hydrogen-bond acceptors (Lipinski definition) is 2. The van der Waals surface area contributed by atoms with Crippen LogP contribution in [0.25, 0.3) is 0 Å². The minimum Gasteiger partial charge on any atom is -0.508 e. The monoisotopic (exact) mass is 183 g/mol. The molecule has 0 amide bonds. The predicted octanol–water partition coefficient (Wildman–Crippen LogP) is 1.73. The zero-order valence-electron chi connectivity index (χ0n) is 7.68. The highest BCUT2D eigenvalue weighted by Gasteiger charge is 2.05. The van der Waals surface area contributed by atoms with Crippen LogP contribution in [0.3, 0.4) is 0 Å². The molecule has 0 bridgehead atoms. The van der Waals surface area contributed by atoms with E-state index in [1.54, 1.807) is 6.92 Å². The highest BCUT2D eigenvalue weighted by Crippen LogP contribution is 2.21. The molecular weight excluding hydrogens is 169 g/mol. The van der Waals surface area contributed by atoms with Crippen molar-refractivity contribution in [1.82, 2.24) is 0 Å². The summed E-state index contributed by atoms with van der Waals surface area (Å²) < 4.78 is 13.2. The van der Waals surface area contributed by atoms with Gasteiger partial charge in [-0.15, -0.1) is 0 Å². The number of nitrogens with two attached hydrogens (primary N) is 1. The van der Waals surface area contributed by atoms with Crippen molar-refractivity contribution in [2.75, 3.05) is 6.54 Å². The quantitative estimate of drug-likeness (QED) is 0.749. The normalized spacial score (nSPS) is 10.4. The van der Waals surface area contributed by atoms with E-state index >= 15 is 0 Å². The molecule has 0 heterocycles. The third kappa shape index (κ3) is 2.42. The second kappa shape index (κ2) is 4.23. The van der Waals surface area contributed by atoms with Crippen LogP contribution in [0.15, 0.2) is 12.1 Å². The van der Waals surface area contributed by atoms with Crippen molar-refractivity contribution in [3.05, 3.63) is 29.1 Å². The number of hydrogen-bond donors (Lipinski definition) is 2. The van der Waals surface area contributed by atoms with E-state index in [9.17, 15) is 9.50 Å². The molecule has 1 aromatic rings. The van der Waals surface area contributed by atoms with Gasteiger partial charge in [-0.2, -0.15) is 0 Å².